The van der Waals surface area contributed by atoms with E-state index in [0.29, 0.717) is 22.8 Å². The molecule has 9 nitrogen and oxygen atoms in total. The molecule has 0 unspecified atom stereocenters. The smallest absolute Gasteiger partial charge is 0.277 e. The molecule has 2 aromatic carbocycles. The van der Waals surface area contributed by atoms with Crippen LogP contribution in [0, 0.1) is 0 Å². The van der Waals surface area contributed by atoms with E-state index < -0.39 is 15.9 Å². The summed E-state index contributed by atoms with van der Waals surface area (Å²) in [6.07, 6.45) is 3.21. The number of hydrogen-bond acceptors (Lipinski definition) is 7. The lowest BCUT2D eigenvalue weighted by Gasteiger charge is -2.23. The van der Waals surface area contributed by atoms with Crippen molar-refractivity contribution in [2.75, 3.05) is 23.3 Å². The van der Waals surface area contributed by atoms with Gasteiger partial charge in [-0.05, 0) is 49.4 Å². The van der Waals surface area contributed by atoms with Crippen molar-refractivity contribution in [1.29, 1.82) is 0 Å². The first-order chi connectivity index (χ1) is 16.4. The summed E-state index contributed by atoms with van der Waals surface area (Å²) >= 11 is 0. The van der Waals surface area contributed by atoms with Crippen molar-refractivity contribution in [3.05, 3.63) is 84.8 Å². The number of methoxy groups -OCH3 is 1. The van der Waals surface area contributed by atoms with Crippen molar-refractivity contribution >= 4 is 27.3 Å². The van der Waals surface area contributed by atoms with Crippen molar-refractivity contribution in [1.82, 2.24) is 10.1 Å². The third kappa shape index (κ3) is 4.62. The number of benzene rings is 2. The number of rotatable bonds is 8. The zero-order chi connectivity index (χ0) is 24.1. The van der Waals surface area contributed by atoms with E-state index in [1.165, 1.54) is 35.7 Å². The molecule has 1 amide bonds. The van der Waals surface area contributed by atoms with Crippen LogP contribution in [-0.2, 0) is 10.0 Å². The van der Waals surface area contributed by atoms with Crippen molar-refractivity contribution in [2.45, 2.75) is 11.8 Å². The highest BCUT2D eigenvalue weighted by Gasteiger charge is 2.25. The Balaban J connectivity index is 1.63. The predicted octanol–water partition coefficient (Wildman–Crippen LogP) is 4.21. The van der Waals surface area contributed by atoms with E-state index in [0.717, 1.165) is 0 Å². The topological polar surface area (TPSA) is 115 Å². The van der Waals surface area contributed by atoms with Gasteiger partial charge in [-0.25, -0.2) is 8.42 Å². The minimum absolute atomic E-state index is 0.00510. The number of nitrogens with zero attached hydrogens (tertiary/aromatic N) is 3. The second-order valence-corrected chi connectivity index (χ2v) is 9.00. The summed E-state index contributed by atoms with van der Waals surface area (Å²) in [6.45, 7) is 1.98. The maximum absolute atomic E-state index is 13.4. The standard InChI is InChI=1S/C24H22N4O5S/c1-3-28(18-9-5-4-6-10-18)34(30,31)19-11-12-22(32-2)20(14-19)26-24(29)21-15-23(33-27-21)17-8-7-13-25-16-17/h4-16H,3H2,1-2H3,(H,26,29). The number of ether oxygens (including phenoxy) is 1. The van der Waals surface area contributed by atoms with Crippen LogP contribution in [-0.4, -0.2) is 38.1 Å². The van der Waals surface area contributed by atoms with Gasteiger partial charge in [0, 0.05) is 30.6 Å². The summed E-state index contributed by atoms with van der Waals surface area (Å²) in [5, 5.41) is 6.48. The quantitative estimate of drug-likeness (QED) is 0.403. The van der Waals surface area contributed by atoms with Gasteiger partial charge >= 0.3 is 0 Å². The minimum Gasteiger partial charge on any atom is -0.495 e. The SMILES string of the molecule is CCN(c1ccccc1)S(=O)(=O)c1ccc(OC)c(NC(=O)c2cc(-c3cccnc3)on2)c1. The van der Waals surface area contributed by atoms with Gasteiger partial charge in [0.15, 0.2) is 11.5 Å². The lowest BCUT2D eigenvalue weighted by molar-refractivity contribution is 0.101. The molecule has 0 bridgehead atoms. The highest BCUT2D eigenvalue weighted by atomic mass is 32.2. The highest BCUT2D eigenvalue weighted by Crippen LogP contribution is 2.31. The molecule has 0 saturated carbocycles. The molecule has 10 heteroatoms. The Morgan fingerprint density at radius 3 is 2.56 bits per heavy atom. The van der Waals surface area contributed by atoms with E-state index in [1.54, 1.807) is 55.7 Å². The number of aromatic nitrogens is 2. The van der Waals surface area contributed by atoms with Gasteiger partial charge in [0.2, 0.25) is 0 Å². The molecule has 0 spiro atoms. The van der Waals surface area contributed by atoms with Gasteiger partial charge in [0.25, 0.3) is 15.9 Å². The van der Waals surface area contributed by atoms with Crippen LogP contribution in [0.1, 0.15) is 17.4 Å². The first-order valence-corrected chi connectivity index (χ1v) is 11.8. The molecule has 0 radical (unpaired) electrons. The maximum Gasteiger partial charge on any atom is 0.277 e. The fourth-order valence-electron chi connectivity index (χ4n) is 3.37. The number of para-hydroxylation sites is 1. The van der Waals surface area contributed by atoms with Gasteiger partial charge in [-0.2, -0.15) is 0 Å². The fourth-order valence-corrected chi connectivity index (χ4v) is 4.87. The molecular weight excluding hydrogens is 456 g/mol. The first-order valence-electron chi connectivity index (χ1n) is 10.4. The Kier molecular flexibility index (Phi) is 6.60. The Labute approximate surface area is 197 Å². The second-order valence-electron chi connectivity index (χ2n) is 7.14. The third-order valence-electron chi connectivity index (χ3n) is 5.03. The summed E-state index contributed by atoms with van der Waals surface area (Å²) < 4.78 is 38.6. The monoisotopic (exact) mass is 478 g/mol. The molecular formula is C24H22N4O5S. The number of carbonyl (C=O) groups is 1. The van der Waals surface area contributed by atoms with Crippen molar-refractivity contribution in [2.24, 2.45) is 0 Å². The Morgan fingerprint density at radius 2 is 1.88 bits per heavy atom. The van der Waals surface area contributed by atoms with E-state index in [2.05, 4.69) is 15.5 Å². The van der Waals surface area contributed by atoms with E-state index in [-0.39, 0.29) is 22.8 Å². The number of nitrogens with one attached hydrogen (secondary N) is 1. The van der Waals surface area contributed by atoms with Gasteiger partial charge in [0.05, 0.1) is 23.4 Å². The van der Waals surface area contributed by atoms with Crippen LogP contribution in [0.15, 0.2) is 88.5 Å². The average Bonchev–Trinajstić information content (AvgIpc) is 3.36. The van der Waals surface area contributed by atoms with Gasteiger partial charge in [-0.1, -0.05) is 23.4 Å². The number of pyridine rings is 1. The summed E-state index contributed by atoms with van der Waals surface area (Å²) in [7, 11) is -2.47. The zero-order valence-electron chi connectivity index (χ0n) is 18.5. The number of amides is 1. The molecule has 0 aliphatic heterocycles. The van der Waals surface area contributed by atoms with E-state index in [1.807, 2.05) is 6.07 Å². The molecule has 0 saturated heterocycles. The molecule has 34 heavy (non-hydrogen) atoms. The highest BCUT2D eigenvalue weighted by molar-refractivity contribution is 7.92. The lowest BCUT2D eigenvalue weighted by atomic mass is 10.2. The largest absolute Gasteiger partial charge is 0.495 e. The number of sulfonamides is 1. The van der Waals surface area contributed by atoms with Crippen LogP contribution in [0.3, 0.4) is 0 Å². The molecule has 1 N–H and O–H groups in total. The summed E-state index contributed by atoms with van der Waals surface area (Å²) in [6, 6.07) is 18.1. The van der Waals surface area contributed by atoms with E-state index >= 15 is 0 Å². The molecule has 0 aliphatic rings. The fraction of sp³-hybridized carbons (Fsp3) is 0.125. The zero-order valence-corrected chi connectivity index (χ0v) is 19.3. The predicted molar refractivity (Wildman–Crippen MR) is 127 cm³/mol. The van der Waals surface area contributed by atoms with E-state index in [4.69, 9.17) is 9.26 Å². The van der Waals surface area contributed by atoms with Gasteiger partial charge in [0.1, 0.15) is 5.75 Å². The second kappa shape index (κ2) is 9.75. The molecule has 0 atom stereocenters. The van der Waals surface area contributed by atoms with Crippen LogP contribution in [0.2, 0.25) is 0 Å². The van der Waals surface area contributed by atoms with Crippen LogP contribution in [0.4, 0.5) is 11.4 Å². The molecule has 0 aliphatic carbocycles. The average molecular weight is 479 g/mol. The summed E-state index contributed by atoms with van der Waals surface area (Å²) in [5.41, 5.74) is 1.41. The number of carbonyl (C=O) groups excluding carboxylic acids is 1. The van der Waals surface area contributed by atoms with Gasteiger partial charge in [-0.15, -0.1) is 0 Å². The summed E-state index contributed by atoms with van der Waals surface area (Å²) in [4.78, 5) is 16.9. The van der Waals surface area contributed by atoms with Crippen LogP contribution >= 0.6 is 0 Å². The number of anilines is 2. The minimum atomic E-state index is -3.90. The maximum atomic E-state index is 13.4. The van der Waals surface area contributed by atoms with E-state index in [9.17, 15) is 13.2 Å². The van der Waals surface area contributed by atoms with Crippen LogP contribution in [0.25, 0.3) is 11.3 Å². The molecule has 4 rings (SSSR count). The molecule has 2 aromatic heterocycles. The van der Waals surface area contributed by atoms with Gasteiger partial charge in [-0.3, -0.25) is 14.1 Å². The normalized spacial score (nSPS) is 11.1. The Morgan fingerprint density at radius 1 is 1.09 bits per heavy atom. The Hall–Kier alpha value is -4.18. The lowest BCUT2D eigenvalue weighted by Crippen LogP contribution is -2.30. The van der Waals surface area contributed by atoms with Crippen molar-refractivity contribution < 1.29 is 22.5 Å². The van der Waals surface area contributed by atoms with Crippen LogP contribution in [0.5, 0.6) is 5.75 Å². The van der Waals surface area contributed by atoms with Crippen LogP contribution < -0.4 is 14.4 Å². The summed E-state index contributed by atoms with van der Waals surface area (Å²) in [5.74, 6) is 0.0937. The van der Waals surface area contributed by atoms with Gasteiger partial charge < -0.3 is 14.6 Å². The molecule has 2 heterocycles. The molecule has 174 valence electrons. The van der Waals surface area contributed by atoms with Crippen molar-refractivity contribution in [3.63, 3.8) is 0 Å². The third-order valence-corrected chi connectivity index (χ3v) is 6.93. The van der Waals surface area contributed by atoms with Crippen molar-refractivity contribution in [3.8, 4) is 17.1 Å². The molecule has 4 aromatic rings. The number of hydrogen-bond donors (Lipinski definition) is 1. The molecule has 0 fully saturated rings. The first kappa shape index (κ1) is 23.0. The Bertz CT molecular complexity index is 1390.